The number of para-hydroxylation sites is 1. The van der Waals surface area contributed by atoms with Gasteiger partial charge in [-0.2, -0.15) is 0 Å². The van der Waals surface area contributed by atoms with Crippen LogP contribution >= 0.6 is 31.9 Å². The van der Waals surface area contributed by atoms with Crippen LogP contribution in [0.15, 0.2) is 100 Å². The zero-order chi connectivity index (χ0) is 20.9. The molecule has 0 atom stereocenters. The summed E-state index contributed by atoms with van der Waals surface area (Å²) in [5.41, 5.74) is 6.49. The lowest BCUT2D eigenvalue weighted by atomic mass is 10.0. The zero-order valence-electron chi connectivity index (χ0n) is 16.3. The topological polar surface area (TPSA) is 30.7 Å². The van der Waals surface area contributed by atoms with Crippen molar-refractivity contribution in [1.82, 2.24) is 14.5 Å². The van der Waals surface area contributed by atoms with Gasteiger partial charge in [0.2, 0.25) is 0 Å². The third-order valence-corrected chi connectivity index (χ3v) is 6.63. The van der Waals surface area contributed by atoms with E-state index >= 15 is 0 Å². The maximum Gasteiger partial charge on any atom is 0.159 e. The highest BCUT2D eigenvalue weighted by molar-refractivity contribution is 9.10. The van der Waals surface area contributed by atoms with Crippen molar-refractivity contribution in [3.8, 4) is 16.8 Å². The van der Waals surface area contributed by atoms with Gasteiger partial charge in [-0.05, 0) is 66.2 Å². The quantitative estimate of drug-likeness (QED) is 0.228. The molecule has 0 saturated carbocycles. The molecule has 3 nitrogen and oxygen atoms in total. The van der Waals surface area contributed by atoms with E-state index in [-0.39, 0.29) is 0 Å². The number of benzene rings is 3. The average Bonchev–Trinajstić information content (AvgIpc) is 3.11. The molecule has 3 heterocycles. The number of fused-ring (bicyclic) bond motifs is 4. The molecule has 0 radical (unpaired) electrons. The number of rotatable bonds is 2. The van der Waals surface area contributed by atoms with Crippen LogP contribution in [0, 0.1) is 0 Å². The molecule has 3 aromatic carbocycles. The second-order valence-electron chi connectivity index (χ2n) is 7.41. The summed E-state index contributed by atoms with van der Waals surface area (Å²) in [4.78, 5) is 8.90. The van der Waals surface area contributed by atoms with E-state index < -0.39 is 0 Å². The molecule has 0 spiro atoms. The second kappa shape index (κ2) is 7.29. The van der Waals surface area contributed by atoms with Crippen LogP contribution in [0.5, 0.6) is 0 Å². The summed E-state index contributed by atoms with van der Waals surface area (Å²) in [6, 6.07) is 27.6. The van der Waals surface area contributed by atoms with Crippen molar-refractivity contribution in [2.75, 3.05) is 0 Å². The highest BCUT2D eigenvalue weighted by Gasteiger charge is 2.17. The van der Waals surface area contributed by atoms with Gasteiger partial charge in [-0.25, -0.2) is 9.97 Å². The zero-order valence-corrected chi connectivity index (χ0v) is 19.4. The maximum absolute atomic E-state index is 4.45. The van der Waals surface area contributed by atoms with E-state index in [1.54, 1.807) is 6.20 Å². The van der Waals surface area contributed by atoms with Gasteiger partial charge in [-0.1, -0.05) is 50.1 Å². The Labute approximate surface area is 195 Å². The van der Waals surface area contributed by atoms with E-state index in [4.69, 9.17) is 0 Å². The first-order valence-corrected chi connectivity index (χ1v) is 11.5. The lowest BCUT2D eigenvalue weighted by molar-refractivity contribution is 1.18. The van der Waals surface area contributed by atoms with Crippen LogP contribution in [0.2, 0.25) is 0 Å². The number of pyridine rings is 2. The van der Waals surface area contributed by atoms with Crippen molar-refractivity contribution in [2.24, 2.45) is 0 Å². The highest BCUT2D eigenvalue weighted by atomic mass is 79.9. The normalized spacial score (nSPS) is 11.5. The summed E-state index contributed by atoms with van der Waals surface area (Å²) in [6.07, 6.45) is 3.62. The van der Waals surface area contributed by atoms with Crippen molar-refractivity contribution >= 4 is 64.7 Å². The number of halogens is 2. The SMILES string of the molecule is Brc1ccc2c(c1)c1cc(Br)ccc1n2-c1ccccc1-c1ccnc2ncccc12. The molecule has 0 saturated heterocycles. The number of hydrogen-bond donors (Lipinski definition) is 0. The Bertz CT molecular complexity index is 1550. The van der Waals surface area contributed by atoms with Gasteiger partial charge in [0, 0.05) is 43.1 Å². The smallest absolute Gasteiger partial charge is 0.159 e. The van der Waals surface area contributed by atoms with Crippen LogP contribution in [-0.2, 0) is 0 Å². The molecule has 0 aliphatic heterocycles. The van der Waals surface area contributed by atoms with Crippen molar-refractivity contribution < 1.29 is 0 Å². The Kier molecular flexibility index (Phi) is 4.40. The Morgan fingerprint density at radius 2 is 1.26 bits per heavy atom. The number of hydrogen-bond acceptors (Lipinski definition) is 2. The van der Waals surface area contributed by atoms with Gasteiger partial charge in [0.25, 0.3) is 0 Å². The molecule has 31 heavy (non-hydrogen) atoms. The van der Waals surface area contributed by atoms with Gasteiger partial charge in [-0.15, -0.1) is 0 Å². The predicted octanol–water partition coefficient (Wildman–Crippen LogP) is 7.92. The molecule has 6 aromatic rings. The van der Waals surface area contributed by atoms with Crippen LogP contribution in [0.4, 0.5) is 0 Å². The first kappa shape index (κ1) is 18.7. The second-order valence-corrected chi connectivity index (χ2v) is 9.24. The number of aromatic nitrogens is 3. The molecule has 148 valence electrons. The van der Waals surface area contributed by atoms with Crippen molar-refractivity contribution in [3.63, 3.8) is 0 Å². The molecular weight excluding hydrogens is 514 g/mol. The fourth-order valence-electron chi connectivity index (χ4n) is 4.34. The summed E-state index contributed by atoms with van der Waals surface area (Å²) < 4.78 is 4.48. The van der Waals surface area contributed by atoms with E-state index in [1.807, 2.05) is 12.3 Å². The summed E-state index contributed by atoms with van der Waals surface area (Å²) in [5, 5.41) is 3.46. The van der Waals surface area contributed by atoms with E-state index in [2.05, 4.69) is 119 Å². The van der Waals surface area contributed by atoms with Crippen LogP contribution in [0.25, 0.3) is 49.7 Å². The molecular formula is C26H15Br2N3. The molecule has 0 bridgehead atoms. The van der Waals surface area contributed by atoms with Gasteiger partial charge in [0.1, 0.15) is 0 Å². The van der Waals surface area contributed by atoms with Crippen LogP contribution in [0.1, 0.15) is 0 Å². The first-order chi connectivity index (χ1) is 15.2. The Balaban J connectivity index is 1.74. The van der Waals surface area contributed by atoms with Gasteiger partial charge >= 0.3 is 0 Å². The average molecular weight is 529 g/mol. The lowest BCUT2D eigenvalue weighted by Gasteiger charge is -2.15. The van der Waals surface area contributed by atoms with E-state index in [1.165, 1.54) is 21.8 Å². The molecule has 3 aromatic heterocycles. The minimum atomic E-state index is 0.755. The Morgan fingerprint density at radius 3 is 2.00 bits per heavy atom. The minimum Gasteiger partial charge on any atom is -0.309 e. The Morgan fingerprint density at radius 1 is 0.581 bits per heavy atom. The maximum atomic E-state index is 4.45. The van der Waals surface area contributed by atoms with E-state index in [9.17, 15) is 0 Å². The predicted molar refractivity (Wildman–Crippen MR) is 135 cm³/mol. The first-order valence-electron chi connectivity index (χ1n) is 9.89. The molecule has 6 rings (SSSR count). The minimum absolute atomic E-state index is 0.755. The van der Waals surface area contributed by atoms with Crippen molar-refractivity contribution in [1.29, 1.82) is 0 Å². The fraction of sp³-hybridized carbons (Fsp3) is 0. The van der Waals surface area contributed by atoms with Crippen LogP contribution in [-0.4, -0.2) is 14.5 Å². The lowest BCUT2D eigenvalue weighted by Crippen LogP contribution is -1.98. The van der Waals surface area contributed by atoms with Crippen LogP contribution < -0.4 is 0 Å². The van der Waals surface area contributed by atoms with Crippen LogP contribution in [0.3, 0.4) is 0 Å². The molecule has 0 fully saturated rings. The van der Waals surface area contributed by atoms with Crippen molar-refractivity contribution in [3.05, 3.63) is 100 Å². The van der Waals surface area contributed by atoms with Gasteiger partial charge in [0.15, 0.2) is 5.65 Å². The van der Waals surface area contributed by atoms with Gasteiger partial charge < -0.3 is 4.57 Å². The molecule has 0 amide bonds. The standard InChI is InChI=1S/C26H15Br2N3/c27-16-7-9-24-21(14-16)22-15-17(28)8-10-25(22)31(24)23-6-2-1-4-19(23)18-11-13-30-26-20(18)5-3-12-29-26/h1-15H. The van der Waals surface area contributed by atoms with E-state index in [0.717, 1.165) is 36.8 Å². The summed E-state index contributed by atoms with van der Waals surface area (Å²) in [5.74, 6) is 0. The molecule has 0 unspecified atom stereocenters. The summed E-state index contributed by atoms with van der Waals surface area (Å²) >= 11 is 7.29. The monoisotopic (exact) mass is 527 g/mol. The Hall–Kier alpha value is -3.02. The summed E-state index contributed by atoms with van der Waals surface area (Å²) in [7, 11) is 0. The molecule has 0 N–H and O–H groups in total. The van der Waals surface area contributed by atoms with Gasteiger partial charge in [-0.3, -0.25) is 0 Å². The summed E-state index contributed by atoms with van der Waals surface area (Å²) in [6.45, 7) is 0. The fourth-order valence-corrected chi connectivity index (χ4v) is 5.06. The van der Waals surface area contributed by atoms with E-state index in [0.29, 0.717) is 0 Å². The molecule has 0 aliphatic rings. The van der Waals surface area contributed by atoms with Crippen molar-refractivity contribution in [2.45, 2.75) is 0 Å². The molecule has 5 heteroatoms. The largest absolute Gasteiger partial charge is 0.309 e. The number of nitrogens with zero attached hydrogens (tertiary/aromatic N) is 3. The third kappa shape index (κ3) is 2.99. The van der Waals surface area contributed by atoms with Gasteiger partial charge in [0.05, 0.1) is 16.7 Å². The highest BCUT2D eigenvalue weighted by Crippen LogP contribution is 2.39. The third-order valence-electron chi connectivity index (χ3n) is 5.64. The molecule has 0 aliphatic carbocycles.